The number of hydrogen-bond acceptors (Lipinski definition) is 3. The first-order valence-corrected chi connectivity index (χ1v) is 5.09. The van der Waals surface area contributed by atoms with Crippen molar-refractivity contribution < 1.29 is 14.7 Å². The van der Waals surface area contributed by atoms with E-state index in [-0.39, 0.29) is 18.5 Å². The number of hydrogen-bond donors (Lipinski definition) is 2. The molecule has 0 aromatic carbocycles. The van der Waals surface area contributed by atoms with Crippen molar-refractivity contribution in [2.24, 2.45) is 5.92 Å². The van der Waals surface area contributed by atoms with Gasteiger partial charge in [0.05, 0.1) is 12.5 Å². The van der Waals surface area contributed by atoms with Crippen LogP contribution in [0.25, 0.3) is 0 Å². The van der Waals surface area contributed by atoms with Crippen molar-refractivity contribution in [1.29, 1.82) is 0 Å². The van der Waals surface area contributed by atoms with E-state index in [2.05, 4.69) is 5.32 Å². The summed E-state index contributed by atoms with van der Waals surface area (Å²) in [6.07, 6.45) is 0. The van der Waals surface area contributed by atoms with Crippen LogP contribution in [0.3, 0.4) is 0 Å². The third-order valence-electron chi connectivity index (χ3n) is 2.58. The van der Waals surface area contributed by atoms with Crippen LogP contribution < -0.4 is 5.32 Å². The zero-order chi connectivity index (χ0) is 12.0. The lowest BCUT2D eigenvalue weighted by Crippen LogP contribution is -2.43. The van der Waals surface area contributed by atoms with Gasteiger partial charge in [-0.15, -0.1) is 0 Å². The van der Waals surface area contributed by atoms with E-state index in [1.807, 2.05) is 6.92 Å². The summed E-state index contributed by atoms with van der Waals surface area (Å²) in [5.41, 5.74) is 0. The molecule has 2 unspecified atom stereocenters. The number of nitrogens with one attached hydrogen (secondary N) is 1. The SMILES string of the molecule is CCNC(=O)CN(C)C(C)C(C)C(=O)O. The number of nitrogens with zero attached hydrogens (tertiary/aromatic N) is 1. The van der Waals surface area contributed by atoms with Crippen molar-refractivity contribution in [3.05, 3.63) is 0 Å². The van der Waals surface area contributed by atoms with E-state index in [1.165, 1.54) is 0 Å². The van der Waals surface area contributed by atoms with Gasteiger partial charge < -0.3 is 10.4 Å². The van der Waals surface area contributed by atoms with Crippen molar-refractivity contribution in [2.75, 3.05) is 20.1 Å². The lowest BCUT2D eigenvalue weighted by Gasteiger charge is -2.26. The van der Waals surface area contributed by atoms with Crippen LogP contribution in [0.2, 0.25) is 0 Å². The minimum atomic E-state index is -0.842. The summed E-state index contributed by atoms with van der Waals surface area (Å²) in [4.78, 5) is 23.7. The van der Waals surface area contributed by atoms with Crippen LogP contribution in [-0.2, 0) is 9.59 Å². The van der Waals surface area contributed by atoms with Gasteiger partial charge in [-0.1, -0.05) is 6.92 Å². The molecular weight excluding hydrogens is 196 g/mol. The Hall–Kier alpha value is -1.10. The van der Waals surface area contributed by atoms with Crippen LogP contribution in [0.5, 0.6) is 0 Å². The number of carboxylic acids is 1. The van der Waals surface area contributed by atoms with Crippen LogP contribution >= 0.6 is 0 Å². The van der Waals surface area contributed by atoms with E-state index in [4.69, 9.17) is 5.11 Å². The molecular formula is C10H20N2O3. The molecule has 0 heterocycles. The maximum Gasteiger partial charge on any atom is 0.307 e. The number of carbonyl (C=O) groups excluding carboxylic acids is 1. The van der Waals surface area contributed by atoms with E-state index in [1.54, 1.807) is 25.8 Å². The van der Waals surface area contributed by atoms with Gasteiger partial charge in [-0.05, 0) is 20.9 Å². The Kier molecular flexibility index (Phi) is 5.93. The highest BCUT2D eigenvalue weighted by atomic mass is 16.4. The average Bonchev–Trinajstić information content (AvgIpc) is 2.15. The molecule has 0 aliphatic heterocycles. The van der Waals surface area contributed by atoms with E-state index in [0.29, 0.717) is 6.54 Å². The van der Waals surface area contributed by atoms with Crippen molar-refractivity contribution in [1.82, 2.24) is 10.2 Å². The Morgan fingerprint density at radius 3 is 2.33 bits per heavy atom. The second kappa shape index (κ2) is 6.40. The molecule has 0 radical (unpaired) electrons. The van der Waals surface area contributed by atoms with Crippen LogP contribution in [-0.4, -0.2) is 48.1 Å². The second-order valence-electron chi connectivity index (χ2n) is 3.74. The molecule has 0 bridgehead atoms. The van der Waals surface area contributed by atoms with Gasteiger partial charge in [-0.3, -0.25) is 14.5 Å². The minimum absolute atomic E-state index is 0.0792. The molecule has 0 saturated carbocycles. The Balaban J connectivity index is 4.14. The van der Waals surface area contributed by atoms with Crippen LogP contribution in [0, 0.1) is 5.92 Å². The molecule has 1 amide bonds. The van der Waals surface area contributed by atoms with Gasteiger partial charge in [0, 0.05) is 12.6 Å². The maximum atomic E-state index is 11.3. The fraction of sp³-hybridized carbons (Fsp3) is 0.800. The minimum Gasteiger partial charge on any atom is -0.481 e. The van der Waals surface area contributed by atoms with E-state index < -0.39 is 11.9 Å². The highest BCUT2D eigenvalue weighted by Gasteiger charge is 2.23. The molecule has 88 valence electrons. The summed E-state index contributed by atoms with van der Waals surface area (Å²) in [5.74, 6) is -1.40. The third-order valence-corrected chi connectivity index (χ3v) is 2.58. The van der Waals surface area contributed by atoms with E-state index >= 15 is 0 Å². The number of rotatable bonds is 6. The number of carbonyl (C=O) groups is 2. The monoisotopic (exact) mass is 216 g/mol. The zero-order valence-corrected chi connectivity index (χ0v) is 9.78. The van der Waals surface area contributed by atoms with Gasteiger partial charge in [0.2, 0.25) is 5.91 Å². The summed E-state index contributed by atoms with van der Waals surface area (Å²) in [7, 11) is 1.75. The highest BCUT2D eigenvalue weighted by Crippen LogP contribution is 2.08. The number of aliphatic carboxylic acids is 1. The van der Waals surface area contributed by atoms with Gasteiger partial charge in [-0.2, -0.15) is 0 Å². The highest BCUT2D eigenvalue weighted by molar-refractivity contribution is 5.78. The number of carboxylic acid groups (broad SMARTS) is 1. The predicted molar refractivity (Wildman–Crippen MR) is 57.6 cm³/mol. The summed E-state index contributed by atoms with van der Waals surface area (Å²) < 4.78 is 0. The summed E-state index contributed by atoms with van der Waals surface area (Å²) in [6.45, 7) is 6.11. The van der Waals surface area contributed by atoms with Gasteiger partial charge in [0.1, 0.15) is 0 Å². The molecule has 5 heteroatoms. The molecule has 0 saturated heterocycles. The van der Waals surface area contributed by atoms with Crippen molar-refractivity contribution >= 4 is 11.9 Å². The van der Waals surface area contributed by atoms with Gasteiger partial charge in [0.25, 0.3) is 0 Å². The molecule has 0 fully saturated rings. The van der Waals surface area contributed by atoms with E-state index in [0.717, 1.165) is 0 Å². The van der Waals surface area contributed by atoms with E-state index in [9.17, 15) is 9.59 Å². The Morgan fingerprint density at radius 2 is 1.93 bits per heavy atom. The molecule has 15 heavy (non-hydrogen) atoms. The fourth-order valence-corrected chi connectivity index (χ4v) is 1.21. The molecule has 0 aliphatic carbocycles. The average molecular weight is 216 g/mol. The van der Waals surface area contributed by atoms with Gasteiger partial charge in [-0.25, -0.2) is 0 Å². The Morgan fingerprint density at radius 1 is 1.40 bits per heavy atom. The quantitative estimate of drug-likeness (QED) is 0.663. The van der Waals surface area contributed by atoms with Crippen LogP contribution in [0.1, 0.15) is 20.8 Å². The van der Waals surface area contributed by atoms with Gasteiger partial charge >= 0.3 is 5.97 Å². The molecule has 2 N–H and O–H groups in total. The van der Waals surface area contributed by atoms with Gasteiger partial charge in [0.15, 0.2) is 0 Å². The smallest absolute Gasteiger partial charge is 0.307 e. The summed E-state index contributed by atoms with van der Waals surface area (Å²) in [5, 5.41) is 11.5. The van der Waals surface area contributed by atoms with Crippen molar-refractivity contribution in [3.63, 3.8) is 0 Å². The first kappa shape index (κ1) is 13.9. The van der Waals surface area contributed by atoms with Crippen molar-refractivity contribution in [3.8, 4) is 0 Å². The topological polar surface area (TPSA) is 69.6 Å². The molecule has 2 atom stereocenters. The first-order valence-electron chi connectivity index (χ1n) is 5.09. The molecule has 0 rings (SSSR count). The normalized spacial score (nSPS) is 14.7. The largest absolute Gasteiger partial charge is 0.481 e. The molecule has 0 spiro atoms. The van der Waals surface area contributed by atoms with Crippen LogP contribution in [0.4, 0.5) is 0 Å². The standard InChI is InChI=1S/C10H20N2O3/c1-5-11-9(13)6-12(4)8(3)7(2)10(14)15/h7-8H,5-6H2,1-4H3,(H,11,13)(H,14,15). The fourth-order valence-electron chi connectivity index (χ4n) is 1.21. The molecule has 0 aromatic rings. The van der Waals surface area contributed by atoms with Crippen LogP contribution in [0.15, 0.2) is 0 Å². The summed E-state index contributed by atoms with van der Waals surface area (Å²) in [6, 6.07) is -0.162. The molecule has 5 nitrogen and oxygen atoms in total. The Bertz CT molecular complexity index is 231. The summed E-state index contributed by atoms with van der Waals surface area (Å²) >= 11 is 0. The zero-order valence-electron chi connectivity index (χ0n) is 9.78. The predicted octanol–water partition coefficient (Wildman–Crippen LogP) is 0.164. The third kappa shape index (κ3) is 4.78. The number of amides is 1. The maximum absolute atomic E-state index is 11.3. The number of likely N-dealkylation sites (N-methyl/N-ethyl adjacent to an activating group) is 2. The second-order valence-corrected chi connectivity index (χ2v) is 3.74. The lowest BCUT2D eigenvalue weighted by atomic mass is 10.0. The Labute approximate surface area is 90.5 Å². The molecule has 0 aromatic heterocycles. The van der Waals surface area contributed by atoms with Crippen molar-refractivity contribution in [2.45, 2.75) is 26.8 Å². The lowest BCUT2D eigenvalue weighted by molar-refractivity contribution is -0.143. The first-order chi connectivity index (χ1) is 6.90. The molecule has 0 aliphatic rings.